The van der Waals surface area contributed by atoms with Crippen molar-refractivity contribution in [1.29, 1.82) is 0 Å². The fourth-order valence-corrected chi connectivity index (χ4v) is 4.67. The maximum Gasteiger partial charge on any atom is 0.257 e. The number of hydrogen-bond donors (Lipinski definition) is 0. The highest BCUT2D eigenvalue weighted by Gasteiger charge is 2.47. The summed E-state index contributed by atoms with van der Waals surface area (Å²) in [5.74, 6) is 0.234. The predicted molar refractivity (Wildman–Crippen MR) is 112 cm³/mol. The van der Waals surface area contributed by atoms with Crippen molar-refractivity contribution in [2.45, 2.75) is 51.5 Å². The molecule has 0 atom stereocenters. The van der Waals surface area contributed by atoms with Gasteiger partial charge in [-0.25, -0.2) is 0 Å². The molecule has 3 heterocycles. The van der Waals surface area contributed by atoms with Crippen molar-refractivity contribution in [3.8, 4) is 0 Å². The molecule has 29 heavy (non-hydrogen) atoms. The van der Waals surface area contributed by atoms with Gasteiger partial charge in [0, 0.05) is 44.3 Å². The lowest BCUT2D eigenvalue weighted by Crippen LogP contribution is -2.54. The number of rotatable bonds is 3. The molecule has 154 valence electrons. The highest BCUT2D eigenvalue weighted by Crippen LogP contribution is 2.41. The molecule has 1 saturated heterocycles. The molecule has 1 aromatic heterocycles. The van der Waals surface area contributed by atoms with Gasteiger partial charge in [0.25, 0.3) is 5.91 Å². The Hall–Kier alpha value is -2.63. The van der Waals surface area contributed by atoms with Crippen LogP contribution in [0.4, 0.5) is 0 Å². The van der Waals surface area contributed by atoms with E-state index in [0.29, 0.717) is 26.1 Å². The predicted octanol–water partition coefficient (Wildman–Crippen LogP) is 2.96. The Labute approximate surface area is 172 Å². The molecular formula is C23H30N4O2. The average molecular weight is 395 g/mol. The summed E-state index contributed by atoms with van der Waals surface area (Å²) >= 11 is 0. The second kappa shape index (κ2) is 7.32. The first-order valence-electron chi connectivity index (χ1n) is 10.5. The molecular weight excluding hydrogens is 364 g/mol. The molecule has 0 unspecified atom stereocenters. The van der Waals surface area contributed by atoms with Crippen molar-refractivity contribution in [1.82, 2.24) is 19.6 Å². The zero-order valence-electron chi connectivity index (χ0n) is 17.8. The lowest BCUT2D eigenvalue weighted by molar-refractivity contribution is -0.132. The van der Waals surface area contributed by atoms with Gasteiger partial charge in [0.15, 0.2) is 0 Å². The Balaban J connectivity index is 1.53. The Bertz CT molecular complexity index is 938. The zero-order valence-corrected chi connectivity index (χ0v) is 17.8. The van der Waals surface area contributed by atoms with Crippen LogP contribution in [0.1, 0.15) is 59.9 Å². The lowest BCUT2D eigenvalue weighted by Gasteiger charge is -2.45. The Kier molecular flexibility index (Phi) is 4.97. The van der Waals surface area contributed by atoms with Crippen molar-refractivity contribution in [3.05, 3.63) is 52.8 Å². The number of likely N-dealkylation sites (N-methyl/N-ethyl adjacent to an activating group) is 1. The van der Waals surface area contributed by atoms with Crippen LogP contribution in [-0.2, 0) is 16.6 Å². The minimum atomic E-state index is -0.155. The Morgan fingerprint density at radius 2 is 1.90 bits per heavy atom. The molecule has 2 aliphatic rings. The molecule has 6 heteroatoms. The van der Waals surface area contributed by atoms with Crippen molar-refractivity contribution in [2.24, 2.45) is 0 Å². The fourth-order valence-electron chi connectivity index (χ4n) is 4.67. The molecule has 2 aliphatic heterocycles. The van der Waals surface area contributed by atoms with Crippen molar-refractivity contribution in [2.75, 3.05) is 26.7 Å². The zero-order chi connectivity index (χ0) is 20.8. The van der Waals surface area contributed by atoms with E-state index in [1.54, 1.807) is 0 Å². The second-order valence-electron chi connectivity index (χ2n) is 8.89. The number of nitrogens with zero attached hydrogens (tertiary/aromatic N) is 4. The summed E-state index contributed by atoms with van der Waals surface area (Å²) in [6.07, 6.45) is 4.03. The van der Waals surface area contributed by atoms with Crippen LogP contribution in [0.2, 0.25) is 0 Å². The van der Waals surface area contributed by atoms with E-state index in [2.05, 4.69) is 26.8 Å². The van der Waals surface area contributed by atoms with E-state index in [1.807, 2.05) is 45.9 Å². The molecule has 1 aromatic carbocycles. The number of benzene rings is 1. The van der Waals surface area contributed by atoms with E-state index in [1.165, 1.54) is 0 Å². The molecule has 1 spiro atoms. The number of amides is 2. The maximum absolute atomic E-state index is 12.9. The van der Waals surface area contributed by atoms with E-state index in [0.717, 1.165) is 35.2 Å². The van der Waals surface area contributed by atoms with Gasteiger partial charge < -0.3 is 9.80 Å². The van der Waals surface area contributed by atoms with Gasteiger partial charge in [-0.15, -0.1) is 0 Å². The molecule has 2 aromatic rings. The molecule has 1 fully saturated rings. The summed E-state index contributed by atoms with van der Waals surface area (Å²) in [6, 6.07) is 8.29. The molecule has 0 bridgehead atoms. The number of carbonyl (C=O) groups excluding carboxylic acids is 2. The van der Waals surface area contributed by atoms with Gasteiger partial charge in [0.05, 0.1) is 17.7 Å². The molecule has 0 aliphatic carbocycles. The van der Waals surface area contributed by atoms with Gasteiger partial charge in [-0.3, -0.25) is 14.3 Å². The van der Waals surface area contributed by atoms with E-state index < -0.39 is 0 Å². The number of aromatic nitrogens is 2. The standard InChI is InChI=1S/C23H30N4O2/c1-16(2)27-14-19-21(24-27)23(15-25(4)22(19)29)9-11-26(12-10-23)20(28)13-18-8-6-5-7-17(18)3/h5-8,14,16H,9-13,15H2,1-4H3. The summed E-state index contributed by atoms with van der Waals surface area (Å²) in [4.78, 5) is 29.4. The van der Waals surface area contributed by atoms with E-state index >= 15 is 0 Å². The van der Waals surface area contributed by atoms with Crippen LogP contribution < -0.4 is 0 Å². The molecule has 2 amide bonds. The minimum Gasteiger partial charge on any atom is -0.342 e. The topological polar surface area (TPSA) is 58.4 Å². The quantitative estimate of drug-likeness (QED) is 0.804. The monoisotopic (exact) mass is 394 g/mol. The minimum absolute atomic E-state index is 0.0515. The maximum atomic E-state index is 12.9. The van der Waals surface area contributed by atoms with Crippen LogP contribution in [0.25, 0.3) is 0 Å². The third kappa shape index (κ3) is 3.45. The van der Waals surface area contributed by atoms with Gasteiger partial charge in [-0.1, -0.05) is 24.3 Å². The van der Waals surface area contributed by atoms with E-state index in [4.69, 9.17) is 5.10 Å². The largest absolute Gasteiger partial charge is 0.342 e. The number of likely N-dealkylation sites (tertiary alicyclic amines) is 1. The summed E-state index contributed by atoms with van der Waals surface area (Å²) in [7, 11) is 1.87. The molecule has 0 saturated carbocycles. The van der Waals surface area contributed by atoms with Crippen molar-refractivity contribution >= 4 is 11.8 Å². The van der Waals surface area contributed by atoms with Crippen LogP contribution in [0.15, 0.2) is 30.5 Å². The van der Waals surface area contributed by atoms with Gasteiger partial charge in [-0.2, -0.15) is 5.10 Å². The van der Waals surface area contributed by atoms with Gasteiger partial charge >= 0.3 is 0 Å². The van der Waals surface area contributed by atoms with E-state index in [-0.39, 0.29) is 23.3 Å². The first kappa shape index (κ1) is 19.7. The third-order valence-electron chi connectivity index (χ3n) is 6.56. The van der Waals surface area contributed by atoms with Gasteiger partial charge in [0.1, 0.15) is 0 Å². The normalized spacial score (nSPS) is 18.4. The molecule has 4 rings (SSSR count). The summed E-state index contributed by atoms with van der Waals surface area (Å²) in [6.45, 7) is 8.29. The van der Waals surface area contributed by atoms with Crippen LogP contribution in [0.3, 0.4) is 0 Å². The third-order valence-corrected chi connectivity index (χ3v) is 6.56. The number of carbonyl (C=O) groups is 2. The van der Waals surface area contributed by atoms with Crippen molar-refractivity contribution < 1.29 is 9.59 Å². The Morgan fingerprint density at radius 1 is 1.21 bits per heavy atom. The highest BCUT2D eigenvalue weighted by atomic mass is 16.2. The summed E-state index contributed by atoms with van der Waals surface area (Å²) in [5.41, 5.74) is 3.76. The fraction of sp³-hybridized carbons (Fsp3) is 0.522. The van der Waals surface area contributed by atoms with Gasteiger partial charge in [-0.05, 0) is 44.7 Å². The molecule has 6 nitrogen and oxygen atoms in total. The van der Waals surface area contributed by atoms with Crippen molar-refractivity contribution in [3.63, 3.8) is 0 Å². The smallest absolute Gasteiger partial charge is 0.257 e. The molecule has 0 N–H and O–H groups in total. The van der Waals surface area contributed by atoms with Crippen LogP contribution in [-0.4, -0.2) is 58.1 Å². The summed E-state index contributed by atoms with van der Waals surface area (Å²) in [5, 5.41) is 4.83. The van der Waals surface area contributed by atoms with Crippen LogP contribution >= 0.6 is 0 Å². The lowest BCUT2D eigenvalue weighted by atomic mass is 9.72. The van der Waals surface area contributed by atoms with E-state index in [9.17, 15) is 9.59 Å². The number of piperidine rings is 1. The van der Waals surface area contributed by atoms with Gasteiger partial charge in [0.2, 0.25) is 5.91 Å². The number of fused-ring (bicyclic) bond motifs is 2. The average Bonchev–Trinajstić information content (AvgIpc) is 3.16. The SMILES string of the molecule is Cc1ccccc1CC(=O)N1CCC2(CC1)CN(C)C(=O)c1cn(C(C)C)nc12. The van der Waals surface area contributed by atoms with Crippen LogP contribution in [0, 0.1) is 6.92 Å². The first-order valence-corrected chi connectivity index (χ1v) is 10.5. The highest BCUT2D eigenvalue weighted by molar-refractivity contribution is 5.96. The first-order chi connectivity index (χ1) is 13.8. The molecule has 0 radical (unpaired) electrons. The number of aryl methyl sites for hydroxylation is 1. The Morgan fingerprint density at radius 3 is 2.55 bits per heavy atom. The number of hydrogen-bond acceptors (Lipinski definition) is 3. The van der Waals surface area contributed by atoms with Crippen LogP contribution in [0.5, 0.6) is 0 Å². The summed E-state index contributed by atoms with van der Waals surface area (Å²) < 4.78 is 1.90. The second-order valence-corrected chi connectivity index (χ2v) is 8.89.